The monoisotopic (exact) mass is 507 g/mol. The number of halogens is 3. The van der Waals surface area contributed by atoms with Crippen molar-refractivity contribution in [3.05, 3.63) is 107 Å². The third-order valence-corrected chi connectivity index (χ3v) is 5.47. The van der Waals surface area contributed by atoms with Gasteiger partial charge in [0.2, 0.25) is 0 Å². The van der Waals surface area contributed by atoms with Gasteiger partial charge in [-0.2, -0.15) is 0 Å². The van der Waals surface area contributed by atoms with Crippen LogP contribution in [0.15, 0.2) is 54.6 Å². The van der Waals surface area contributed by atoms with Gasteiger partial charge in [0.1, 0.15) is 11.1 Å². The van der Waals surface area contributed by atoms with Crippen LogP contribution in [0.1, 0.15) is 26.3 Å². The number of nitro benzene ring substituents is 2. The molecule has 0 unspecified atom stereocenters. The molecule has 168 valence electrons. The van der Waals surface area contributed by atoms with Crippen molar-refractivity contribution < 1.29 is 19.4 Å². The maximum absolute atomic E-state index is 13.5. The van der Waals surface area contributed by atoms with Gasteiger partial charge in [-0.15, -0.1) is 0 Å². The Morgan fingerprint density at radius 2 is 1.21 bits per heavy atom. The van der Waals surface area contributed by atoms with Crippen molar-refractivity contribution in [3.63, 3.8) is 0 Å². The molecule has 33 heavy (non-hydrogen) atoms. The molecule has 9 nitrogen and oxygen atoms in total. The summed E-state index contributed by atoms with van der Waals surface area (Å²) in [7, 11) is 0. The molecule has 0 saturated carbocycles. The molecule has 0 bridgehead atoms. The molecule has 0 atom stereocenters. The van der Waals surface area contributed by atoms with E-state index in [0.717, 1.165) is 24.3 Å². The molecule has 3 aromatic rings. The van der Waals surface area contributed by atoms with Gasteiger partial charge < -0.3 is 0 Å². The van der Waals surface area contributed by atoms with Crippen molar-refractivity contribution >= 4 is 63.7 Å². The minimum atomic E-state index is -1.14. The first kappa shape index (κ1) is 24.1. The lowest BCUT2D eigenvalue weighted by Crippen LogP contribution is -2.37. The van der Waals surface area contributed by atoms with Crippen molar-refractivity contribution in [2.24, 2.45) is 0 Å². The summed E-state index contributed by atoms with van der Waals surface area (Å²) in [5.41, 5.74) is -1.65. The molecule has 12 heteroatoms. The van der Waals surface area contributed by atoms with Crippen molar-refractivity contribution in [1.82, 2.24) is 0 Å². The number of hydrogen-bond donors (Lipinski definition) is 0. The molecular formula is C21H12Cl3N3O6. The van der Waals surface area contributed by atoms with Crippen LogP contribution in [0.5, 0.6) is 0 Å². The maximum Gasteiger partial charge on any atom is 0.282 e. The van der Waals surface area contributed by atoms with Crippen molar-refractivity contribution in [2.45, 2.75) is 6.92 Å². The number of amides is 2. The van der Waals surface area contributed by atoms with Crippen LogP contribution in [0, 0.1) is 27.2 Å². The Hall–Kier alpha value is -3.53. The summed E-state index contributed by atoms with van der Waals surface area (Å²) >= 11 is 18.0. The fourth-order valence-electron chi connectivity index (χ4n) is 2.97. The van der Waals surface area contributed by atoms with Gasteiger partial charge in [0.05, 0.1) is 15.5 Å². The first-order chi connectivity index (χ1) is 15.5. The minimum Gasteiger partial charge on any atom is -0.268 e. The van der Waals surface area contributed by atoms with E-state index < -0.39 is 44.2 Å². The zero-order valence-electron chi connectivity index (χ0n) is 16.6. The molecule has 0 heterocycles. The van der Waals surface area contributed by atoms with Crippen LogP contribution in [0.2, 0.25) is 15.1 Å². The molecule has 0 aromatic heterocycles. The van der Waals surface area contributed by atoms with Crippen molar-refractivity contribution in [2.75, 3.05) is 4.90 Å². The second-order valence-corrected chi connectivity index (χ2v) is 8.00. The molecule has 3 aromatic carbocycles. The van der Waals surface area contributed by atoms with Crippen molar-refractivity contribution in [3.8, 4) is 0 Å². The highest BCUT2D eigenvalue weighted by Crippen LogP contribution is 2.32. The second kappa shape index (κ2) is 9.53. The zero-order chi connectivity index (χ0) is 24.4. The molecule has 3 rings (SSSR count). The first-order valence-corrected chi connectivity index (χ1v) is 10.2. The minimum absolute atomic E-state index is 0.00650. The highest BCUT2D eigenvalue weighted by atomic mass is 35.5. The number of carbonyl (C=O) groups excluding carboxylic acids is 2. The van der Waals surface area contributed by atoms with Crippen LogP contribution in [-0.2, 0) is 0 Å². The Morgan fingerprint density at radius 3 is 1.61 bits per heavy atom. The Labute approximate surface area is 201 Å². The summed E-state index contributed by atoms with van der Waals surface area (Å²) in [6.45, 7) is 1.68. The lowest BCUT2D eigenvalue weighted by Gasteiger charge is -2.22. The van der Waals surface area contributed by atoms with E-state index in [1.807, 2.05) is 0 Å². The van der Waals surface area contributed by atoms with Crippen LogP contribution in [0.25, 0.3) is 0 Å². The van der Waals surface area contributed by atoms with E-state index in [9.17, 15) is 29.8 Å². The third kappa shape index (κ3) is 4.95. The molecule has 0 saturated heterocycles. The van der Waals surface area contributed by atoms with Gasteiger partial charge in [-0.1, -0.05) is 40.9 Å². The lowest BCUT2D eigenvalue weighted by atomic mass is 10.1. The SMILES string of the molecule is Cc1ccc(N(C(=O)c2cc(Cl)ccc2[N+](=O)[O-])C(=O)c2cc(Cl)ccc2[N+](=O)[O-])cc1Cl. The third-order valence-electron chi connectivity index (χ3n) is 4.59. The van der Waals surface area contributed by atoms with Crippen LogP contribution in [0.3, 0.4) is 0 Å². The van der Waals surface area contributed by atoms with E-state index in [1.165, 1.54) is 30.3 Å². The van der Waals surface area contributed by atoms with Gasteiger partial charge in [0.15, 0.2) is 0 Å². The second-order valence-electron chi connectivity index (χ2n) is 6.72. The summed E-state index contributed by atoms with van der Waals surface area (Å²) in [5.74, 6) is -2.27. The first-order valence-electron chi connectivity index (χ1n) is 9.04. The molecular weight excluding hydrogens is 497 g/mol. The Bertz CT molecular complexity index is 1250. The van der Waals surface area contributed by atoms with Crippen LogP contribution < -0.4 is 4.90 Å². The predicted octanol–water partition coefficient (Wildman–Crippen LogP) is 6.26. The number of anilines is 1. The number of hydrogen-bond acceptors (Lipinski definition) is 6. The fourth-order valence-corrected chi connectivity index (χ4v) is 3.49. The quantitative estimate of drug-likeness (QED) is 0.228. The van der Waals surface area contributed by atoms with E-state index in [4.69, 9.17) is 34.8 Å². The largest absolute Gasteiger partial charge is 0.282 e. The van der Waals surface area contributed by atoms with E-state index in [1.54, 1.807) is 6.92 Å². The number of nitro groups is 2. The molecule has 0 fully saturated rings. The normalized spacial score (nSPS) is 10.5. The van der Waals surface area contributed by atoms with Crippen LogP contribution in [-0.4, -0.2) is 21.7 Å². The number of aryl methyl sites for hydroxylation is 1. The van der Waals surface area contributed by atoms with E-state index in [-0.39, 0.29) is 20.8 Å². The number of rotatable bonds is 5. The standard InChI is InChI=1S/C21H12Cl3N3O6/c1-11-2-5-14(10-17(11)24)25(20(28)15-8-12(22)3-6-18(15)26(30)31)21(29)16-9-13(23)4-7-19(16)27(32)33/h2-10H,1H3. The fraction of sp³-hybridized carbons (Fsp3) is 0.0476. The summed E-state index contributed by atoms with van der Waals surface area (Å²) in [4.78, 5) is 48.9. The van der Waals surface area contributed by atoms with Gasteiger partial charge in [-0.05, 0) is 48.9 Å². The van der Waals surface area contributed by atoms with Gasteiger partial charge in [0.25, 0.3) is 23.2 Å². The van der Waals surface area contributed by atoms with Gasteiger partial charge >= 0.3 is 0 Å². The van der Waals surface area contributed by atoms with Crippen LogP contribution >= 0.6 is 34.8 Å². The zero-order valence-corrected chi connectivity index (χ0v) is 18.9. The average molecular weight is 509 g/mol. The number of carbonyl (C=O) groups is 2. The number of nitrogens with zero attached hydrogens (tertiary/aromatic N) is 3. The van der Waals surface area contributed by atoms with Crippen LogP contribution in [0.4, 0.5) is 17.1 Å². The van der Waals surface area contributed by atoms with Gasteiger partial charge in [-0.3, -0.25) is 29.8 Å². The highest BCUT2D eigenvalue weighted by molar-refractivity contribution is 6.34. The lowest BCUT2D eigenvalue weighted by molar-refractivity contribution is -0.385. The number of imide groups is 1. The Kier molecular flexibility index (Phi) is 6.97. The Morgan fingerprint density at radius 1 is 0.758 bits per heavy atom. The smallest absolute Gasteiger partial charge is 0.268 e. The molecule has 0 radical (unpaired) electrons. The predicted molar refractivity (Wildman–Crippen MR) is 124 cm³/mol. The molecule has 0 aliphatic heterocycles. The molecule has 0 aliphatic carbocycles. The van der Waals surface area contributed by atoms with Gasteiger partial charge in [-0.25, -0.2) is 4.90 Å². The van der Waals surface area contributed by atoms with E-state index in [0.29, 0.717) is 10.5 Å². The Balaban J connectivity index is 2.28. The van der Waals surface area contributed by atoms with E-state index in [2.05, 4.69) is 0 Å². The molecule has 0 aliphatic rings. The number of benzene rings is 3. The average Bonchev–Trinajstić information content (AvgIpc) is 2.75. The molecule has 2 amide bonds. The van der Waals surface area contributed by atoms with Crippen molar-refractivity contribution in [1.29, 1.82) is 0 Å². The topological polar surface area (TPSA) is 124 Å². The summed E-state index contributed by atoms with van der Waals surface area (Å²) in [5, 5.41) is 23.2. The highest BCUT2D eigenvalue weighted by Gasteiger charge is 2.34. The van der Waals surface area contributed by atoms with E-state index >= 15 is 0 Å². The van der Waals surface area contributed by atoms with Gasteiger partial charge in [0, 0.05) is 27.2 Å². The molecule has 0 N–H and O–H groups in total. The molecule has 0 spiro atoms. The summed E-state index contributed by atoms with van der Waals surface area (Å²) in [6.07, 6.45) is 0. The maximum atomic E-state index is 13.5. The summed E-state index contributed by atoms with van der Waals surface area (Å²) in [6, 6.07) is 10.7. The summed E-state index contributed by atoms with van der Waals surface area (Å²) < 4.78 is 0.